The molecule has 3 rings (SSSR count). The van der Waals surface area contributed by atoms with Crippen LogP contribution in [0.4, 0.5) is 0 Å². The summed E-state index contributed by atoms with van der Waals surface area (Å²) in [6, 6.07) is 4.17. The van der Waals surface area contributed by atoms with Gasteiger partial charge >= 0.3 is 0 Å². The zero-order valence-corrected chi connectivity index (χ0v) is 20.1. The number of fused-ring (bicyclic) bond motifs is 1. The summed E-state index contributed by atoms with van der Waals surface area (Å²) < 4.78 is 10.9. The minimum Gasteiger partial charge on any atom is -0.493 e. The van der Waals surface area contributed by atoms with Crippen molar-refractivity contribution in [3.8, 4) is 11.5 Å². The lowest BCUT2D eigenvalue weighted by Gasteiger charge is -2.32. The van der Waals surface area contributed by atoms with Crippen molar-refractivity contribution in [2.45, 2.75) is 32.7 Å². The summed E-state index contributed by atoms with van der Waals surface area (Å²) in [6.07, 6.45) is 4.91. The SMILES string of the molecule is CCc1cnc(CCNC(=NC)N2CCc3cc(OC)c(OC)cc3C2)s1.I. The molecule has 0 fully saturated rings. The molecule has 1 aliphatic rings. The van der Waals surface area contributed by atoms with Crippen LogP contribution in [0.3, 0.4) is 0 Å². The zero-order chi connectivity index (χ0) is 19.2. The summed E-state index contributed by atoms with van der Waals surface area (Å²) in [7, 11) is 5.19. The van der Waals surface area contributed by atoms with Gasteiger partial charge in [-0.2, -0.15) is 0 Å². The lowest BCUT2D eigenvalue weighted by Crippen LogP contribution is -2.44. The molecule has 1 aliphatic heterocycles. The predicted octanol–water partition coefficient (Wildman–Crippen LogP) is 3.52. The molecule has 0 aliphatic carbocycles. The van der Waals surface area contributed by atoms with Crippen molar-refractivity contribution in [1.29, 1.82) is 0 Å². The first kappa shape index (κ1) is 22.7. The number of hydrogen-bond donors (Lipinski definition) is 1. The number of nitrogens with zero attached hydrogens (tertiary/aromatic N) is 3. The molecule has 1 aromatic heterocycles. The Labute approximate surface area is 188 Å². The van der Waals surface area contributed by atoms with Gasteiger partial charge in [0.2, 0.25) is 0 Å². The van der Waals surface area contributed by atoms with E-state index in [1.165, 1.54) is 21.0 Å². The Bertz CT molecular complexity index is 809. The van der Waals surface area contributed by atoms with E-state index in [0.29, 0.717) is 0 Å². The van der Waals surface area contributed by atoms with E-state index in [1.807, 2.05) is 13.2 Å². The van der Waals surface area contributed by atoms with E-state index in [-0.39, 0.29) is 24.0 Å². The smallest absolute Gasteiger partial charge is 0.193 e. The average Bonchev–Trinajstić information content (AvgIpc) is 3.17. The largest absolute Gasteiger partial charge is 0.493 e. The predicted molar refractivity (Wildman–Crippen MR) is 126 cm³/mol. The van der Waals surface area contributed by atoms with Crippen molar-refractivity contribution >= 4 is 41.3 Å². The van der Waals surface area contributed by atoms with Crippen LogP contribution in [0.2, 0.25) is 0 Å². The first-order valence-corrected chi connectivity index (χ1v) is 10.1. The van der Waals surface area contributed by atoms with Gasteiger partial charge in [0.25, 0.3) is 0 Å². The zero-order valence-electron chi connectivity index (χ0n) is 16.9. The monoisotopic (exact) mass is 516 g/mol. The Hall–Kier alpha value is -1.55. The van der Waals surface area contributed by atoms with Crippen LogP contribution < -0.4 is 14.8 Å². The van der Waals surface area contributed by atoms with Crippen molar-refractivity contribution in [3.63, 3.8) is 0 Å². The number of guanidine groups is 1. The molecule has 0 unspecified atom stereocenters. The van der Waals surface area contributed by atoms with Gasteiger partial charge in [-0.1, -0.05) is 6.92 Å². The van der Waals surface area contributed by atoms with Crippen molar-refractivity contribution in [1.82, 2.24) is 15.2 Å². The quantitative estimate of drug-likeness (QED) is 0.362. The maximum absolute atomic E-state index is 5.45. The topological polar surface area (TPSA) is 59.0 Å². The molecular weight excluding hydrogens is 487 g/mol. The molecule has 6 nitrogen and oxygen atoms in total. The summed E-state index contributed by atoms with van der Waals surface area (Å²) in [5, 5.41) is 4.66. The van der Waals surface area contributed by atoms with Crippen LogP contribution >= 0.6 is 35.3 Å². The first-order chi connectivity index (χ1) is 13.2. The second kappa shape index (κ2) is 10.8. The fourth-order valence-electron chi connectivity index (χ4n) is 3.30. The first-order valence-electron chi connectivity index (χ1n) is 9.31. The van der Waals surface area contributed by atoms with Gasteiger partial charge in [-0.05, 0) is 36.1 Å². The number of aromatic nitrogens is 1. The minimum absolute atomic E-state index is 0. The molecule has 2 aromatic rings. The molecule has 0 saturated carbocycles. The van der Waals surface area contributed by atoms with Crippen molar-refractivity contribution in [2.24, 2.45) is 4.99 Å². The van der Waals surface area contributed by atoms with E-state index in [2.05, 4.69) is 39.2 Å². The molecule has 0 saturated heterocycles. The average molecular weight is 516 g/mol. The van der Waals surface area contributed by atoms with Gasteiger partial charge in [-0.3, -0.25) is 4.99 Å². The molecule has 8 heteroatoms. The molecule has 2 heterocycles. The second-order valence-electron chi connectivity index (χ2n) is 6.45. The maximum atomic E-state index is 5.45. The Kier molecular flexibility index (Phi) is 8.81. The minimum atomic E-state index is 0. The Morgan fingerprint density at radius 3 is 2.57 bits per heavy atom. The number of aliphatic imine (C=N–C) groups is 1. The van der Waals surface area contributed by atoms with Gasteiger partial charge in [0, 0.05) is 44.2 Å². The molecule has 0 atom stereocenters. The molecule has 1 N–H and O–H groups in total. The van der Waals surface area contributed by atoms with Gasteiger partial charge in [-0.25, -0.2) is 4.98 Å². The summed E-state index contributed by atoms with van der Waals surface area (Å²) in [6.45, 7) is 4.74. The van der Waals surface area contributed by atoms with Gasteiger partial charge in [0.1, 0.15) is 0 Å². The molecule has 0 amide bonds. The van der Waals surface area contributed by atoms with Crippen LogP contribution in [0, 0.1) is 0 Å². The number of aryl methyl sites for hydroxylation is 1. The number of halogens is 1. The normalized spacial score (nSPS) is 13.6. The van der Waals surface area contributed by atoms with Crippen LogP contribution in [0.1, 0.15) is 27.9 Å². The summed E-state index contributed by atoms with van der Waals surface area (Å²) in [5.74, 6) is 2.50. The van der Waals surface area contributed by atoms with E-state index in [9.17, 15) is 0 Å². The molecule has 154 valence electrons. The highest BCUT2D eigenvalue weighted by Crippen LogP contribution is 2.33. The lowest BCUT2D eigenvalue weighted by molar-refractivity contribution is 0.346. The van der Waals surface area contributed by atoms with Crippen LogP contribution in [-0.4, -0.2) is 50.2 Å². The molecular formula is C20H29IN4O2S. The number of benzene rings is 1. The number of ether oxygens (including phenoxy) is 2. The Morgan fingerprint density at radius 1 is 1.25 bits per heavy atom. The highest BCUT2D eigenvalue weighted by molar-refractivity contribution is 14.0. The summed E-state index contributed by atoms with van der Waals surface area (Å²) in [4.78, 5) is 12.6. The standard InChI is InChI=1S/C20H28N4O2S.HI/c1-5-16-12-23-19(27-16)6-8-22-20(21-2)24-9-7-14-10-17(25-3)18(26-4)11-15(14)13-24;/h10-12H,5-9,13H2,1-4H3,(H,21,22);1H. The Balaban J connectivity index is 0.00000280. The molecule has 0 radical (unpaired) electrons. The molecule has 1 aromatic carbocycles. The van der Waals surface area contributed by atoms with Gasteiger partial charge in [-0.15, -0.1) is 35.3 Å². The van der Waals surface area contributed by atoms with Gasteiger partial charge in [0.15, 0.2) is 17.5 Å². The fourth-order valence-corrected chi connectivity index (χ4v) is 4.17. The van der Waals surface area contributed by atoms with E-state index in [1.54, 1.807) is 25.6 Å². The highest BCUT2D eigenvalue weighted by atomic mass is 127. The van der Waals surface area contributed by atoms with Crippen LogP contribution in [0.5, 0.6) is 11.5 Å². The molecule has 0 bridgehead atoms. The Morgan fingerprint density at radius 2 is 1.96 bits per heavy atom. The van der Waals surface area contributed by atoms with Crippen molar-refractivity contribution in [2.75, 3.05) is 34.4 Å². The number of thiazole rings is 1. The van der Waals surface area contributed by atoms with E-state index < -0.39 is 0 Å². The number of methoxy groups -OCH3 is 2. The van der Waals surface area contributed by atoms with Gasteiger partial charge in [0.05, 0.1) is 19.2 Å². The highest BCUT2D eigenvalue weighted by Gasteiger charge is 2.21. The lowest BCUT2D eigenvalue weighted by atomic mass is 9.99. The summed E-state index contributed by atoms with van der Waals surface area (Å²) in [5.41, 5.74) is 2.57. The van der Waals surface area contributed by atoms with Crippen molar-refractivity contribution < 1.29 is 9.47 Å². The third-order valence-corrected chi connectivity index (χ3v) is 6.00. The van der Waals surface area contributed by atoms with Crippen LogP contribution in [0.15, 0.2) is 23.3 Å². The second-order valence-corrected chi connectivity index (χ2v) is 7.65. The van der Waals surface area contributed by atoms with Crippen LogP contribution in [-0.2, 0) is 25.8 Å². The van der Waals surface area contributed by atoms with E-state index in [0.717, 1.165) is 56.4 Å². The number of rotatable bonds is 6. The van der Waals surface area contributed by atoms with Crippen molar-refractivity contribution in [3.05, 3.63) is 39.3 Å². The number of hydrogen-bond acceptors (Lipinski definition) is 5. The third kappa shape index (κ3) is 5.28. The summed E-state index contributed by atoms with van der Waals surface area (Å²) >= 11 is 1.80. The van der Waals surface area contributed by atoms with E-state index in [4.69, 9.17) is 9.47 Å². The number of nitrogens with one attached hydrogen (secondary N) is 1. The maximum Gasteiger partial charge on any atom is 0.193 e. The molecule has 28 heavy (non-hydrogen) atoms. The van der Waals surface area contributed by atoms with Crippen LogP contribution in [0.25, 0.3) is 0 Å². The molecule has 0 spiro atoms. The van der Waals surface area contributed by atoms with E-state index >= 15 is 0 Å². The fraction of sp³-hybridized carbons (Fsp3) is 0.500. The third-order valence-electron chi connectivity index (χ3n) is 4.80. The van der Waals surface area contributed by atoms with Gasteiger partial charge < -0.3 is 19.7 Å².